The van der Waals surface area contributed by atoms with Crippen LogP contribution in [0, 0.1) is 0 Å². The van der Waals surface area contributed by atoms with Crippen molar-refractivity contribution in [2.45, 2.75) is 38.0 Å². The molecule has 6 heteroatoms. The average Bonchev–Trinajstić information content (AvgIpc) is 2.63. The molecule has 1 aliphatic rings. The summed E-state index contributed by atoms with van der Waals surface area (Å²) < 4.78 is 38.7. The van der Waals surface area contributed by atoms with Gasteiger partial charge in [0, 0.05) is 13.1 Å². The zero-order valence-electron chi connectivity index (χ0n) is 11.6. The van der Waals surface area contributed by atoms with Crippen molar-refractivity contribution in [1.29, 1.82) is 0 Å². The average molecular weight is 301 g/mol. The highest BCUT2D eigenvalue weighted by Gasteiger charge is 2.33. The van der Waals surface area contributed by atoms with Crippen molar-refractivity contribution in [3.05, 3.63) is 35.4 Å². The van der Waals surface area contributed by atoms with Crippen LogP contribution < -0.4 is 0 Å². The van der Waals surface area contributed by atoms with Gasteiger partial charge in [0.1, 0.15) is 0 Å². The number of amides is 1. The Labute approximate surface area is 121 Å². The van der Waals surface area contributed by atoms with Gasteiger partial charge in [-0.3, -0.25) is 4.79 Å². The van der Waals surface area contributed by atoms with Gasteiger partial charge in [0.05, 0.1) is 18.1 Å². The molecule has 1 N–H and O–H groups in total. The lowest BCUT2D eigenvalue weighted by Crippen LogP contribution is -2.33. The van der Waals surface area contributed by atoms with E-state index >= 15 is 0 Å². The number of alkyl halides is 3. The number of aliphatic hydroxyl groups is 1. The lowest BCUT2D eigenvalue weighted by atomic mass is 10.0. The number of benzene rings is 1. The highest BCUT2D eigenvalue weighted by atomic mass is 19.4. The van der Waals surface area contributed by atoms with Crippen molar-refractivity contribution >= 4 is 5.91 Å². The Morgan fingerprint density at radius 3 is 2.67 bits per heavy atom. The van der Waals surface area contributed by atoms with E-state index in [0.29, 0.717) is 32.4 Å². The molecular formula is C15H18F3NO2. The zero-order chi connectivity index (χ0) is 15.5. The van der Waals surface area contributed by atoms with Crippen LogP contribution in [0.1, 0.15) is 30.4 Å². The van der Waals surface area contributed by atoms with E-state index in [9.17, 15) is 23.1 Å². The molecule has 1 aromatic carbocycles. The first-order chi connectivity index (χ1) is 9.88. The Morgan fingerprint density at radius 2 is 1.95 bits per heavy atom. The first-order valence-corrected chi connectivity index (χ1v) is 6.99. The van der Waals surface area contributed by atoms with Crippen LogP contribution in [0.2, 0.25) is 0 Å². The fourth-order valence-electron chi connectivity index (χ4n) is 2.55. The first kappa shape index (κ1) is 15.8. The summed E-state index contributed by atoms with van der Waals surface area (Å²) in [6.45, 7) is 0.887. The van der Waals surface area contributed by atoms with Gasteiger partial charge in [-0.25, -0.2) is 0 Å². The van der Waals surface area contributed by atoms with E-state index in [1.165, 1.54) is 18.2 Å². The van der Waals surface area contributed by atoms with Gasteiger partial charge < -0.3 is 10.0 Å². The molecule has 1 heterocycles. The third-order valence-electron chi connectivity index (χ3n) is 3.71. The molecule has 1 fully saturated rings. The molecule has 1 amide bonds. The fourth-order valence-corrected chi connectivity index (χ4v) is 2.55. The lowest BCUT2D eigenvalue weighted by Gasteiger charge is -2.21. The minimum atomic E-state index is -4.45. The van der Waals surface area contributed by atoms with Crippen LogP contribution in [0.3, 0.4) is 0 Å². The molecule has 1 saturated heterocycles. The van der Waals surface area contributed by atoms with E-state index in [1.807, 2.05) is 0 Å². The highest BCUT2D eigenvalue weighted by Crippen LogP contribution is 2.32. The number of rotatable bonds is 2. The SMILES string of the molecule is O=C(Cc1ccccc1C(F)(F)F)N1CCC[C@@H](O)CC1. The number of aliphatic hydroxyl groups excluding tert-OH is 1. The van der Waals surface area contributed by atoms with E-state index < -0.39 is 17.8 Å². The molecule has 0 aromatic heterocycles. The number of halogens is 3. The molecule has 0 unspecified atom stereocenters. The van der Waals surface area contributed by atoms with E-state index in [2.05, 4.69) is 0 Å². The minimum Gasteiger partial charge on any atom is -0.393 e. The highest BCUT2D eigenvalue weighted by molar-refractivity contribution is 5.79. The van der Waals surface area contributed by atoms with Crippen LogP contribution in [-0.4, -0.2) is 35.1 Å². The maximum Gasteiger partial charge on any atom is 0.416 e. The zero-order valence-corrected chi connectivity index (χ0v) is 11.6. The molecule has 1 aromatic rings. The Hall–Kier alpha value is -1.56. The largest absolute Gasteiger partial charge is 0.416 e. The molecule has 0 bridgehead atoms. The number of hydrogen-bond acceptors (Lipinski definition) is 2. The summed E-state index contributed by atoms with van der Waals surface area (Å²) in [5, 5.41) is 9.54. The second kappa shape index (κ2) is 6.47. The van der Waals surface area contributed by atoms with Crippen molar-refractivity contribution in [1.82, 2.24) is 4.90 Å². The van der Waals surface area contributed by atoms with Gasteiger partial charge in [0.25, 0.3) is 0 Å². The molecule has 0 radical (unpaired) electrons. The summed E-state index contributed by atoms with van der Waals surface area (Å²) in [6, 6.07) is 5.16. The molecule has 0 aliphatic carbocycles. The van der Waals surface area contributed by atoms with Gasteiger partial charge in [-0.05, 0) is 30.9 Å². The maximum atomic E-state index is 12.9. The molecule has 0 saturated carbocycles. The monoisotopic (exact) mass is 301 g/mol. The van der Waals surface area contributed by atoms with E-state index in [1.54, 1.807) is 4.90 Å². The Kier molecular flexibility index (Phi) is 4.88. The van der Waals surface area contributed by atoms with Crippen molar-refractivity contribution in [2.24, 2.45) is 0 Å². The van der Waals surface area contributed by atoms with Crippen molar-refractivity contribution in [3.8, 4) is 0 Å². The van der Waals surface area contributed by atoms with Crippen LogP contribution in [0.15, 0.2) is 24.3 Å². The number of carbonyl (C=O) groups is 1. The van der Waals surface area contributed by atoms with Gasteiger partial charge in [0.2, 0.25) is 5.91 Å². The topological polar surface area (TPSA) is 40.5 Å². The van der Waals surface area contributed by atoms with Crippen LogP contribution in [-0.2, 0) is 17.4 Å². The molecule has 2 rings (SSSR count). The summed E-state index contributed by atoms with van der Waals surface area (Å²) in [4.78, 5) is 13.7. The van der Waals surface area contributed by atoms with E-state index in [4.69, 9.17) is 0 Å². The molecule has 0 spiro atoms. The Morgan fingerprint density at radius 1 is 1.24 bits per heavy atom. The Bertz CT molecular complexity index is 502. The summed E-state index contributed by atoms with van der Waals surface area (Å²) in [6.07, 6.45) is -3.36. The first-order valence-electron chi connectivity index (χ1n) is 6.99. The Balaban J connectivity index is 2.09. The second-order valence-electron chi connectivity index (χ2n) is 5.30. The smallest absolute Gasteiger partial charge is 0.393 e. The summed E-state index contributed by atoms with van der Waals surface area (Å²) >= 11 is 0. The lowest BCUT2D eigenvalue weighted by molar-refractivity contribution is -0.138. The van der Waals surface area contributed by atoms with Gasteiger partial charge in [-0.2, -0.15) is 13.2 Å². The third kappa shape index (κ3) is 4.20. The van der Waals surface area contributed by atoms with Crippen molar-refractivity contribution in [3.63, 3.8) is 0 Å². The van der Waals surface area contributed by atoms with Crippen molar-refractivity contribution < 1.29 is 23.1 Å². The molecule has 1 aliphatic heterocycles. The molecule has 3 nitrogen and oxygen atoms in total. The normalized spacial score (nSPS) is 20.2. The fraction of sp³-hybridized carbons (Fsp3) is 0.533. The number of carbonyl (C=O) groups excluding carboxylic acids is 1. The number of nitrogens with zero attached hydrogens (tertiary/aromatic N) is 1. The third-order valence-corrected chi connectivity index (χ3v) is 3.71. The molecule has 1 atom stereocenters. The molecule has 116 valence electrons. The quantitative estimate of drug-likeness (QED) is 0.912. The van der Waals surface area contributed by atoms with Crippen LogP contribution in [0.25, 0.3) is 0 Å². The standard InChI is InChI=1S/C15H18F3NO2/c16-15(17,18)13-6-2-1-4-11(13)10-14(21)19-8-3-5-12(20)7-9-19/h1-2,4,6,12,20H,3,5,7-10H2/t12-/m1/s1. The van der Waals surface area contributed by atoms with Crippen LogP contribution in [0.5, 0.6) is 0 Å². The predicted molar refractivity (Wildman–Crippen MR) is 71.6 cm³/mol. The minimum absolute atomic E-state index is 0.000189. The summed E-state index contributed by atoms with van der Waals surface area (Å²) in [5.74, 6) is -0.319. The second-order valence-corrected chi connectivity index (χ2v) is 5.30. The number of hydrogen-bond donors (Lipinski definition) is 1. The summed E-state index contributed by atoms with van der Waals surface area (Å²) in [5.41, 5.74) is -0.756. The predicted octanol–water partition coefficient (Wildman–Crippen LogP) is 2.62. The maximum absolute atomic E-state index is 12.9. The van der Waals surface area contributed by atoms with Gasteiger partial charge in [0.15, 0.2) is 0 Å². The molecule has 21 heavy (non-hydrogen) atoms. The van der Waals surface area contributed by atoms with E-state index in [-0.39, 0.29) is 17.9 Å². The van der Waals surface area contributed by atoms with Gasteiger partial charge in [-0.15, -0.1) is 0 Å². The number of likely N-dealkylation sites (tertiary alicyclic amines) is 1. The summed E-state index contributed by atoms with van der Waals surface area (Å²) in [7, 11) is 0. The van der Waals surface area contributed by atoms with Crippen molar-refractivity contribution in [2.75, 3.05) is 13.1 Å². The van der Waals surface area contributed by atoms with Crippen LogP contribution in [0.4, 0.5) is 13.2 Å². The molecular weight excluding hydrogens is 283 g/mol. The van der Waals surface area contributed by atoms with Gasteiger partial charge >= 0.3 is 6.18 Å². The van der Waals surface area contributed by atoms with Gasteiger partial charge in [-0.1, -0.05) is 18.2 Å². The van der Waals surface area contributed by atoms with E-state index in [0.717, 1.165) is 6.07 Å². The van der Waals surface area contributed by atoms with Crippen LogP contribution >= 0.6 is 0 Å².